The minimum Gasteiger partial charge on any atom is -0.396 e. The Labute approximate surface area is 111 Å². The molecule has 6 heteroatoms. The van der Waals surface area contributed by atoms with Gasteiger partial charge in [0.1, 0.15) is 0 Å². The van der Waals surface area contributed by atoms with E-state index < -0.39 is 0 Å². The Morgan fingerprint density at radius 1 is 1.35 bits per heavy atom. The van der Waals surface area contributed by atoms with Crippen LogP contribution in [0.1, 0.15) is 10.4 Å². The average molecular weight is 276 g/mol. The first kappa shape index (κ1) is 14.1. The van der Waals surface area contributed by atoms with Crippen molar-refractivity contribution in [3.8, 4) is 0 Å². The van der Waals surface area contributed by atoms with Gasteiger partial charge in [-0.2, -0.15) is 0 Å². The van der Waals surface area contributed by atoms with Crippen LogP contribution in [-0.2, 0) is 0 Å². The Kier molecular flexibility index (Phi) is 5.05. The fourth-order valence-electron chi connectivity index (χ4n) is 1.21. The minimum absolute atomic E-state index is 0.212. The minimum atomic E-state index is -0.212. The van der Waals surface area contributed by atoms with Crippen LogP contribution in [0, 0.1) is 0 Å². The van der Waals surface area contributed by atoms with Gasteiger partial charge in [0.15, 0.2) is 0 Å². The van der Waals surface area contributed by atoms with E-state index in [0.717, 1.165) is 6.54 Å². The second kappa shape index (κ2) is 6.10. The van der Waals surface area contributed by atoms with Gasteiger partial charge in [0.25, 0.3) is 5.91 Å². The summed E-state index contributed by atoms with van der Waals surface area (Å²) < 4.78 is 0. The highest BCUT2D eigenvalue weighted by molar-refractivity contribution is 6.39. The van der Waals surface area contributed by atoms with Gasteiger partial charge >= 0.3 is 0 Å². The van der Waals surface area contributed by atoms with Gasteiger partial charge < -0.3 is 16.0 Å². The van der Waals surface area contributed by atoms with E-state index in [1.54, 1.807) is 0 Å². The molecule has 0 fully saturated rings. The number of hydrogen-bond donors (Lipinski definition) is 2. The Morgan fingerprint density at radius 2 is 1.88 bits per heavy atom. The zero-order valence-corrected chi connectivity index (χ0v) is 11.3. The van der Waals surface area contributed by atoms with Crippen molar-refractivity contribution in [1.82, 2.24) is 10.2 Å². The summed E-state index contributed by atoms with van der Waals surface area (Å²) >= 11 is 11.7. The highest BCUT2D eigenvalue weighted by Gasteiger charge is 2.10. The third-order valence-electron chi connectivity index (χ3n) is 2.19. The standard InChI is InChI=1S/C11H15Cl2N3O/c1-16(2)4-3-15-11(17)7-5-8(12)10(14)9(13)6-7/h5-6H,3-4,14H2,1-2H3,(H,15,17). The number of rotatable bonds is 4. The molecule has 3 N–H and O–H groups in total. The number of nitrogens with two attached hydrogens (primary N) is 1. The van der Waals surface area contributed by atoms with Gasteiger partial charge in [0, 0.05) is 18.7 Å². The highest BCUT2D eigenvalue weighted by Crippen LogP contribution is 2.28. The molecule has 4 nitrogen and oxygen atoms in total. The molecule has 1 aromatic carbocycles. The van der Waals surface area contributed by atoms with Crippen molar-refractivity contribution in [2.75, 3.05) is 32.9 Å². The number of carbonyl (C=O) groups is 1. The molecule has 0 aliphatic rings. The molecule has 1 aromatic rings. The highest BCUT2D eigenvalue weighted by atomic mass is 35.5. The molecule has 0 saturated carbocycles. The quantitative estimate of drug-likeness (QED) is 0.825. The van der Waals surface area contributed by atoms with E-state index in [-0.39, 0.29) is 21.6 Å². The van der Waals surface area contributed by atoms with Crippen LogP contribution in [0.5, 0.6) is 0 Å². The molecule has 1 rings (SSSR count). The lowest BCUT2D eigenvalue weighted by Gasteiger charge is -2.11. The maximum atomic E-state index is 11.8. The molecule has 0 aromatic heterocycles. The van der Waals surface area contributed by atoms with Gasteiger partial charge in [0.2, 0.25) is 0 Å². The largest absolute Gasteiger partial charge is 0.396 e. The number of anilines is 1. The second-order valence-corrected chi connectivity index (χ2v) is 4.73. The van der Waals surface area contributed by atoms with Gasteiger partial charge in [-0.1, -0.05) is 23.2 Å². The SMILES string of the molecule is CN(C)CCNC(=O)c1cc(Cl)c(N)c(Cl)c1. The van der Waals surface area contributed by atoms with Crippen LogP contribution in [0.2, 0.25) is 10.0 Å². The molecule has 0 spiro atoms. The molecule has 0 saturated heterocycles. The van der Waals surface area contributed by atoms with E-state index in [1.807, 2.05) is 19.0 Å². The van der Waals surface area contributed by atoms with Crippen LogP contribution in [0.15, 0.2) is 12.1 Å². The van der Waals surface area contributed by atoms with Gasteiger partial charge in [-0.05, 0) is 26.2 Å². The summed E-state index contributed by atoms with van der Waals surface area (Å²) in [5, 5.41) is 3.34. The lowest BCUT2D eigenvalue weighted by molar-refractivity contribution is 0.0951. The molecule has 94 valence electrons. The number of likely N-dealkylation sites (N-methyl/N-ethyl adjacent to an activating group) is 1. The first-order valence-corrected chi connectivity index (χ1v) is 5.85. The molecule has 0 aliphatic carbocycles. The van der Waals surface area contributed by atoms with E-state index in [2.05, 4.69) is 5.32 Å². The number of carbonyl (C=O) groups excluding carboxylic acids is 1. The smallest absolute Gasteiger partial charge is 0.251 e. The van der Waals surface area contributed by atoms with Crippen LogP contribution in [0.3, 0.4) is 0 Å². The Morgan fingerprint density at radius 3 is 2.35 bits per heavy atom. The zero-order valence-electron chi connectivity index (χ0n) is 9.76. The van der Waals surface area contributed by atoms with Crippen LogP contribution in [0.4, 0.5) is 5.69 Å². The van der Waals surface area contributed by atoms with E-state index in [4.69, 9.17) is 28.9 Å². The number of benzene rings is 1. The Bertz CT molecular complexity index is 398. The molecule has 17 heavy (non-hydrogen) atoms. The predicted molar refractivity (Wildman–Crippen MR) is 71.8 cm³/mol. The topological polar surface area (TPSA) is 58.4 Å². The third kappa shape index (κ3) is 4.07. The van der Waals surface area contributed by atoms with E-state index in [0.29, 0.717) is 12.1 Å². The fraction of sp³-hybridized carbons (Fsp3) is 0.364. The molecule has 1 amide bonds. The molecule has 0 unspecified atom stereocenters. The van der Waals surface area contributed by atoms with Crippen LogP contribution in [-0.4, -0.2) is 38.0 Å². The van der Waals surface area contributed by atoms with Crippen LogP contribution in [0.25, 0.3) is 0 Å². The van der Waals surface area contributed by atoms with Gasteiger partial charge in [0.05, 0.1) is 15.7 Å². The maximum absolute atomic E-state index is 11.8. The molecule has 0 aliphatic heterocycles. The normalized spacial score (nSPS) is 10.6. The van der Waals surface area contributed by atoms with E-state index in [1.165, 1.54) is 12.1 Å². The molecule has 0 heterocycles. The van der Waals surface area contributed by atoms with Gasteiger partial charge in [-0.25, -0.2) is 0 Å². The maximum Gasteiger partial charge on any atom is 0.251 e. The average Bonchev–Trinajstić information content (AvgIpc) is 2.24. The van der Waals surface area contributed by atoms with Crippen molar-refractivity contribution < 1.29 is 4.79 Å². The summed E-state index contributed by atoms with van der Waals surface area (Å²) in [6.07, 6.45) is 0. The molecular formula is C11H15Cl2N3O. The van der Waals surface area contributed by atoms with Crippen LogP contribution < -0.4 is 11.1 Å². The number of amides is 1. The summed E-state index contributed by atoms with van der Waals surface area (Å²) in [4.78, 5) is 13.7. The Balaban J connectivity index is 2.70. The third-order valence-corrected chi connectivity index (χ3v) is 2.81. The molecule has 0 radical (unpaired) electrons. The monoisotopic (exact) mass is 275 g/mol. The van der Waals surface area contributed by atoms with Crippen molar-refractivity contribution in [3.05, 3.63) is 27.7 Å². The molecular weight excluding hydrogens is 261 g/mol. The fourth-order valence-corrected chi connectivity index (χ4v) is 1.70. The van der Waals surface area contributed by atoms with E-state index >= 15 is 0 Å². The first-order valence-electron chi connectivity index (χ1n) is 5.09. The predicted octanol–water partition coefficient (Wildman–Crippen LogP) is 1.87. The summed E-state index contributed by atoms with van der Waals surface area (Å²) in [5.41, 5.74) is 6.29. The number of nitrogens with zero attached hydrogens (tertiary/aromatic N) is 1. The van der Waals surface area contributed by atoms with Crippen LogP contribution >= 0.6 is 23.2 Å². The number of nitrogen functional groups attached to an aromatic ring is 1. The van der Waals surface area contributed by atoms with Gasteiger partial charge in [-0.3, -0.25) is 4.79 Å². The summed E-state index contributed by atoms with van der Waals surface area (Å²) in [5.74, 6) is -0.212. The summed E-state index contributed by atoms with van der Waals surface area (Å²) in [6, 6.07) is 3.02. The van der Waals surface area contributed by atoms with E-state index in [9.17, 15) is 4.79 Å². The first-order chi connectivity index (χ1) is 7.91. The second-order valence-electron chi connectivity index (χ2n) is 3.91. The number of hydrogen-bond acceptors (Lipinski definition) is 3. The molecule has 0 atom stereocenters. The van der Waals surface area contributed by atoms with Crippen molar-refractivity contribution in [3.63, 3.8) is 0 Å². The molecule has 0 bridgehead atoms. The zero-order chi connectivity index (χ0) is 13.0. The Hall–Kier alpha value is -0.970. The van der Waals surface area contributed by atoms with Crippen molar-refractivity contribution >= 4 is 34.8 Å². The van der Waals surface area contributed by atoms with Crippen molar-refractivity contribution in [1.29, 1.82) is 0 Å². The lowest BCUT2D eigenvalue weighted by atomic mass is 10.2. The van der Waals surface area contributed by atoms with Crippen molar-refractivity contribution in [2.24, 2.45) is 0 Å². The lowest BCUT2D eigenvalue weighted by Crippen LogP contribution is -2.31. The number of halogens is 2. The number of nitrogens with one attached hydrogen (secondary N) is 1. The summed E-state index contributed by atoms with van der Waals surface area (Å²) in [7, 11) is 3.87. The van der Waals surface area contributed by atoms with Crippen molar-refractivity contribution in [2.45, 2.75) is 0 Å². The summed E-state index contributed by atoms with van der Waals surface area (Å²) in [6.45, 7) is 1.33. The van der Waals surface area contributed by atoms with Gasteiger partial charge in [-0.15, -0.1) is 0 Å².